The largest absolute Gasteiger partial charge is 0.378 e. The highest BCUT2D eigenvalue weighted by Crippen LogP contribution is 2.09. The molecule has 1 aromatic heterocycles. The van der Waals surface area contributed by atoms with Crippen molar-refractivity contribution in [2.45, 2.75) is 20.8 Å². The monoisotopic (exact) mass is 368 g/mol. The second kappa shape index (κ2) is 10.7. The van der Waals surface area contributed by atoms with Crippen LogP contribution in [0.15, 0.2) is 36.9 Å². The number of rotatable bonds is 10. The third kappa shape index (κ3) is 5.31. The molecule has 0 saturated carbocycles. The Hall–Kier alpha value is -2.37. The van der Waals surface area contributed by atoms with E-state index in [-0.39, 0.29) is 0 Å². The molecule has 1 heterocycles. The summed E-state index contributed by atoms with van der Waals surface area (Å²) in [6, 6.07) is 8.43. The lowest BCUT2D eigenvalue weighted by molar-refractivity contribution is 0.143. The standard InChI is InChI=1S/C22H32N4O/c1-6-9-20-21(7-2)26(19-12-10-18(4)11-13-19)24-22(20)25(8-3)15-17-27-16-14-23-5/h6-7,9-13,23H,1,8,14-17H2,2-5H3/b20-9+,21-7+. The Balaban J connectivity index is 2.41. The number of hydrogen-bond donors (Lipinski definition) is 1. The predicted octanol–water partition coefficient (Wildman–Crippen LogP) is 2.01. The molecule has 0 aliphatic heterocycles. The molecule has 0 spiro atoms. The van der Waals surface area contributed by atoms with Crippen LogP contribution in [0.3, 0.4) is 0 Å². The van der Waals surface area contributed by atoms with Crippen molar-refractivity contribution in [3.8, 4) is 5.69 Å². The molecule has 27 heavy (non-hydrogen) atoms. The van der Waals surface area contributed by atoms with E-state index in [1.54, 1.807) is 0 Å². The maximum atomic E-state index is 5.71. The second-order valence-corrected chi connectivity index (χ2v) is 6.36. The lowest BCUT2D eigenvalue weighted by Gasteiger charge is -2.20. The van der Waals surface area contributed by atoms with Crippen LogP contribution in [0.1, 0.15) is 19.4 Å². The summed E-state index contributed by atoms with van der Waals surface area (Å²) in [7, 11) is 1.93. The van der Waals surface area contributed by atoms with Gasteiger partial charge in [0.25, 0.3) is 0 Å². The first kappa shape index (κ1) is 20.9. The lowest BCUT2D eigenvalue weighted by Crippen LogP contribution is -2.35. The molecule has 0 radical (unpaired) electrons. The predicted molar refractivity (Wildman–Crippen MR) is 115 cm³/mol. The Bertz CT molecular complexity index is 836. The normalized spacial score (nSPS) is 12.6. The SMILES string of the molecule is C=C/C=c1/c(N(CC)CCOCCNC)nn(-c2ccc(C)cc2)/c1=C/C. The Labute approximate surface area is 162 Å². The number of nitrogens with zero attached hydrogens (tertiary/aromatic N) is 3. The molecule has 5 heteroatoms. The molecule has 0 atom stereocenters. The molecule has 0 aliphatic rings. The van der Waals surface area contributed by atoms with Gasteiger partial charge in [-0.1, -0.05) is 36.4 Å². The van der Waals surface area contributed by atoms with Gasteiger partial charge in [-0.25, -0.2) is 4.68 Å². The molecule has 0 unspecified atom stereocenters. The molecule has 5 nitrogen and oxygen atoms in total. The van der Waals surface area contributed by atoms with Crippen molar-refractivity contribution >= 4 is 18.0 Å². The highest BCUT2D eigenvalue weighted by molar-refractivity contribution is 5.52. The molecule has 0 bridgehead atoms. The molecule has 2 rings (SSSR count). The molecule has 146 valence electrons. The summed E-state index contributed by atoms with van der Waals surface area (Å²) in [5.41, 5.74) is 2.29. The molecule has 1 N–H and O–H groups in total. The van der Waals surface area contributed by atoms with Gasteiger partial charge in [-0.3, -0.25) is 0 Å². The van der Waals surface area contributed by atoms with E-state index in [9.17, 15) is 0 Å². The first-order valence-corrected chi connectivity index (χ1v) is 9.58. The number of likely N-dealkylation sites (N-methyl/N-ethyl adjacent to an activating group) is 2. The number of ether oxygens (including phenoxy) is 1. The topological polar surface area (TPSA) is 42.3 Å². The second-order valence-electron chi connectivity index (χ2n) is 6.36. The van der Waals surface area contributed by atoms with E-state index < -0.39 is 0 Å². The van der Waals surface area contributed by atoms with E-state index in [1.165, 1.54) is 5.56 Å². The number of aryl methyl sites for hydroxylation is 1. The number of allylic oxidation sites excluding steroid dienone is 1. The van der Waals surface area contributed by atoms with E-state index in [4.69, 9.17) is 9.84 Å². The third-order valence-electron chi connectivity index (χ3n) is 4.46. The summed E-state index contributed by atoms with van der Waals surface area (Å²) in [4.78, 5) is 2.26. The minimum atomic E-state index is 0.672. The molecule has 0 saturated heterocycles. The fraction of sp³-hybridized carbons (Fsp3) is 0.409. The van der Waals surface area contributed by atoms with Crippen LogP contribution in [0.2, 0.25) is 0 Å². The Kier molecular flexibility index (Phi) is 8.30. The number of benzene rings is 1. The van der Waals surface area contributed by atoms with E-state index in [2.05, 4.69) is 61.0 Å². The summed E-state index contributed by atoms with van der Waals surface area (Å²) in [5, 5.41) is 10.2. The van der Waals surface area contributed by atoms with Crippen molar-refractivity contribution in [3.05, 3.63) is 53.1 Å². The first-order chi connectivity index (χ1) is 13.2. The van der Waals surface area contributed by atoms with E-state index in [1.807, 2.05) is 30.8 Å². The Morgan fingerprint density at radius 2 is 2.00 bits per heavy atom. The first-order valence-electron chi connectivity index (χ1n) is 9.58. The zero-order chi connectivity index (χ0) is 19.6. The van der Waals surface area contributed by atoms with Crippen LogP contribution in [-0.4, -0.2) is 49.7 Å². The van der Waals surface area contributed by atoms with Crippen molar-refractivity contribution in [3.63, 3.8) is 0 Å². The molecule has 1 aromatic carbocycles. The van der Waals surface area contributed by atoms with Crippen LogP contribution in [0.25, 0.3) is 17.8 Å². The Morgan fingerprint density at radius 1 is 1.26 bits per heavy atom. The number of aromatic nitrogens is 2. The van der Waals surface area contributed by atoms with E-state index in [0.29, 0.717) is 13.2 Å². The smallest absolute Gasteiger partial charge is 0.159 e. The van der Waals surface area contributed by atoms with Crippen LogP contribution < -0.4 is 20.8 Å². The van der Waals surface area contributed by atoms with Gasteiger partial charge in [0.05, 0.1) is 24.3 Å². The molecular weight excluding hydrogens is 336 g/mol. The third-order valence-corrected chi connectivity index (χ3v) is 4.46. The zero-order valence-electron chi connectivity index (χ0n) is 17.0. The average molecular weight is 369 g/mol. The summed E-state index contributed by atoms with van der Waals surface area (Å²) in [6.07, 6.45) is 5.96. The lowest BCUT2D eigenvalue weighted by atomic mass is 10.2. The minimum absolute atomic E-state index is 0.672. The molecule has 0 amide bonds. The van der Waals surface area contributed by atoms with Crippen LogP contribution in [0.4, 0.5) is 5.82 Å². The van der Waals surface area contributed by atoms with E-state index in [0.717, 1.165) is 41.7 Å². The van der Waals surface area contributed by atoms with Gasteiger partial charge in [0, 0.05) is 24.9 Å². The summed E-state index contributed by atoms with van der Waals surface area (Å²) in [5.74, 6) is 0.961. The number of hydrogen-bond acceptors (Lipinski definition) is 4. The molecule has 2 aromatic rings. The average Bonchev–Trinajstić information content (AvgIpc) is 3.04. The van der Waals surface area contributed by atoms with Crippen molar-refractivity contribution in [2.75, 3.05) is 44.8 Å². The maximum Gasteiger partial charge on any atom is 0.159 e. The van der Waals surface area contributed by atoms with Crippen molar-refractivity contribution in [2.24, 2.45) is 0 Å². The van der Waals surface area contributed by atoms with Crippen molar-refractivity contribution in [1.82, 2.24) is 15.1 Å². The van der Waals surface area contributed by atoms with Gasteiger partial charge < -0.3 is 15.0 Å². The van der Waals surface area contributed by atoms with Gasteiger partial charge in [0.15, 0.2) is 5.82 Å². The molecule has 0 fully saturated rings. The van der Waals surface area contributed by atoms with Crippen molar-refractivity contribution < 1.29 is 4.74 Å². The highest BCUT2D eigenvalue weighted by atomic mass is 16.5. The summed E-state index contributed by atoms with van der Waals surface area (Å²) >= 11 is 0. The van der Waals surface area contributed by atoms with Gasteiger partial charge in [-0.15, -0.1) is 5.10 Å². The fourth-order valence-electron chi connectivity index (χ4n) is 2.97. The summed E-state index contributed by atoms with van der Waals surface area (Å²) < 4.78 is 7.72. The number of nitrogens with one attached hydrogen (secondary N) is 1. The Morgan fingerprint density at radius 3 is 2.59 bits per heavy atom. The zero-order valence-corrected chi connectivity index (χ0v) is 17.0. The van der Waals surface area contributed by atoms with E-state index >= 15 is 0 Å². The van der Waals surface area contributed by atoms with Crippen LogP contribution >= 0.6 is 0 Å². The van der Waals surface area contributed by atoms with Gasteiger partial charge in [-0.2, -0.15) is 0 Å². The van der Waals surface area contributed by atoms with Crippen LogP contribution in [0.5, 0.6) is 0 Å². The fourth-order valence-corrected chi connectivity index (χ4v) is 2.97. The van der Waals surface area contributed by atoms with Crippen LogP contribution in [-0.2, 0) is 4.74 Å². The minimum Gasteiger partial charge on any atom is -0.378 e. The highest BCUT2D eigenvalue weighted by Gasteiger charge is 2.14. The number of anilines is 1. The summed E-state index contributed by atoms with van der Waals surface area (Å²) in [6.45, 7) is 14.1. The van der Waals surface area contributed by atoms with Gasteiger partial charge in [0.1, 0.15) is 0 Å². The quantitative estimate of drug-likeness (QED) is 0.652. The molecule has 0 aliphatic carbocycles. The maximum absolute atomic E-state index is 5.71. The van der Waals surface area contributed by atoms with Gasteiger partial charge in [0.2, 0.25) is 0 Å². The molecular formula is C22H32N4O. The van der Waals surface area contributed by atoms with Crippen molar-refractivity contribution in [1.29, 1.82) is 0 Å². The van der Waals surface area contributed by atoms with Crippen LogP contribution in [0, 0.1) is 6.92 Å². The van der Waals surface area contributed by atoms with Gasteiger partial charge in [-0.05, 0) is 46.0 Å². The van der Waals surface area contributed by atoms with Gasteiger partial charge >= 0.3 is 0 Å².